The van der Waals surface area contributed by atoms with Crippen molar-refractivity contribution in [2.75, 3.05) is 0 Å². The van der Waals surface area contributed by atoms with E-state index in [1.165, 1.54) is 36.7 Å². The number of phenols is 2. The second kappa shape index (κ2) is 8.39. The normalized spacial score (nSPS) is 16.1. The van der Waals surface area contributed by atoms with Crippen LogP contribution in [-0.4, -0.2) is 32.1 Å². The minimum atomic E-state index is 0.00352. The summed E-state index contributed by atoms with van der Waals surface area (Å²) in [6, 6.07) is 10.5. The van der Waals surface area contributed by atoms with E-state index in [0.29, 0.717) is 11.6 Å². The van der Waals surface area contributed by atoms with Crippen LogP contribution < -0.4 is 4.80 Å². The lowest BCUT2D eigenvalue weighted by Gasteiger charge is -2.16. The quantitative estimate of drug-likeness (QED) is 0.653. The Morgan fingerprint density at radius 3 is 2.71 bits per heavy atom. The number of hydrogen-bond acceptors (Lipinski definition) is 6. The van der Waals surface area contributed by atoms with Crippen molar-refractivity contribution in [1.29, 1.82) is 0 Å². The Morgan fingerprint density at radius 1 is 1.11 bits per heavy atom. The van der Waals surface area contributed by atoms with Gasteiger partial charge in [-0.1, -0.05) is 25.3 Å². The lowest BCUT2D eigenvalue weighted by Crippen LogP contribution is -2.19. The highest BCUT2D eigenvalue weighted by Gasteiger charge is 2.15. The van der Waals surface area contributed by atoms with Gasteiger partial charge in [-0.2, -0.15) is 5.10 Å². The van der Waals surface area contributed by atoms with Gasteiger partial charge in [0.2, 0.25) is 4.80 Å². The summed E-state index contributed by atoms with van der Waals surface area (Å²) in [4.78, 5) is 10.0. The smallest absolute Gasteiger partial charge is 0.206 e. The summed E-state index contributed by atoms with van der Waals surface area (Å²) in [7, 11) is 0. The van der Waals surface area contributed by atoms with E-state index in [4.69, 9.17) is 4.99 Å². The number of phenolic OH excluding ortho intramolecular Hbond substituents is 2. The van der Waals surface area contributed by atoms with Crippen LogP contribution in [0.2, 0.25) is 0 Å². The molecular weight excluding hydrogens is 372 g/mol. The van der Waals surface area contributed by atoms with Gasteiger partial charge < -0.3 is 10.2 Å². The zero-order chi connectivity index (χ0) is 19.3. The molecule has 2 N–H and O–H groups in total. The minimum Gasteiger partial charge on any atom is -0.508 e. The molecule has 6 nitrogen and oxygen atoms in total. The van der Waals surface area contributed by atoms with Crippen LogP contribution in [0.25, 0.3) is 11.3 Å². The van der Waals surface area contributed by atoms with Crippen molar-refractivity contribution >= 4 is 17.6 Å². The molecule has 3 aromatic rings. The maximum Gasteiger partial charge on any atom is 0.206 e. The molecule has 1 aromatic carbocycles. The maximum atomic E-state index is 10.3. The molecule has 7 heteroatoms. The van der Waals surface area contributed by atoms with Crippen molar-refractivity contribution in [2.24, 2.45) is 10.1 Å². The van der Waals surface area contributed by atoms with Crippen molar-refractivity contribution in [2.45, 2.75) is 38.1 Å². The Balaban J connectivity index is 1.79. The molecule has 2 aromatic heterocycles. The molecule has 28 heavy (non-hydrogen) atoms. The summed E-state index contributed by atoms with van der Waals surface area (Å²) in [6.45, 7) is 0. The van der Waals surface area contributed by atoms with Gasteiger partial charge in [-0.3, -0.25) is 9.98 Å². The SMILES string of the molecule is Oc1ccc(-c2csc(=NC3CCCCC3)n2/N=C/c2ccccn2)c(O)c1. The number of nitrogens with zero attached hydrogens (tertiary/aromatic N) is 4. The van der Waals surface area contributed by atoms with Crippen LogP contribution in [0.1, 0.15) is 37.8 Å². The largest absolute Gasteiger partial charge is 0.508 e. The number of rotatable bonds is 4. The Labute approximate surface area is 167 Å². The lowest BCUT2D eigenvalue weighted by molar-refractivity contribution is 0.435. The van der Waals surface area contributed by atoms with Crippen molar-refractivity contribution in [3.8, 4) is 22.8 Å². The van der Waals surface area contributed by atoms with E-state index in [1.807, 2.05) is 23.6 Å². The monoisotopic (exact) mass is 394 g/mol. The molecular formula is C21H22N4O2S. The van der Waals surface area contributed by atoms with E-state index in [-0.39, 0.29) is 11.5 Å². The molecule has 0 amide bonds. The van der Waals surface area contributed by atoms with E-state index in [1.54, 1.807) is 29.2 Å². The van der Waals surface area contributed by atoms with Gasteiger partial charge >= 0.3 is 0 Å². The first kappa shape index (κ1) is 18.4. The van der Waals surface area contributed by atoms with Crippen LogP contribution >= 0.6 is 11.3 Å². The molecule has 1 aliphatic carbocycles. The summed E-state index contributed by atoms with van der Waals surface area (Å²) < 4.78 is 1.75. The Hall–Kier alpha value is -2.93. The summed E-state index contributed by atoms with van der Waals surface area (Å²) in [6.07, 6.45) is 9.31. The molecule has 2 heterocycles. The fourth-order valence-electron chi connectivity index (χ4n) is 3.36. The second-order valence-electron chi connectivity index (χ2n) is 6.84. The van der Waals surface area contributed by atoms with Crippen molar-refractivity contribution in [1.82, 2.24) is 9.66 Å². The van der Waals surface area contributed by atoms with Crippen molar-refractivity contribution in [3.05, 3.63) is 58.5 Å². The molecule has 0 radical (unpaired) electrons. The number of pyridine rings is 1. The van der Waals surface area contributed by atoms with E-state index in [2.05, 4.69) is 10.1 Å². The van der Waals surface area contributed by atoms with E-state index in [9.17, 15) is 10.2 Å². The summed E-state index contributed by atoms with van der Waals surface area (Å²) in [5.41, 5.74) is 2.06. The van der Waals surface area contributed by atoms with Crippen LogP contribution in [-0.2, 0) is 0 Å². The Kier molecular flexibility index (Phi) is 5.53. The predicted octanol–water partition coefficient (Wildman–Crippen LogP) is 4.14. The van der Waals surface area contributed by atoms with E-state index < -0.39 is 0 Å². The van der Waals surface area contributed by atoms with E-state index in [0.717, 1.165) is 29.0 Å². The third-order valence-corrected chi connectivity index (χ3v) is 5.63. The molecule has 4 rings (SSSR count). The van der Waals surface area contributed by atoms with Crippen LogP contribution in [0.15, 0.2) is 58.1 Å². The van der Waals surface area contributed by atoms with Gasteiger partial charge in [-0.05, 0) is 37.1 Å². The summed E-state index contributed by atoms with van der Waals surface area (Å²) in [5.74, 6) is 0.0240. The molecule has 144 valence electrons. The molecule has 0 aliphatic heterocycles. The minimum absolute atomic E-state index is 0.00352. The van der Waals surface area contributed by atoms with Gasteiger partial charge in [0.25, 0.3) is 0 Å². The van der Waals surface area contributed by atoms with Crippen LogP contribution in [0.4, 0.5) is 0 Å². The number of hydrogen-bond donors (Lipinski definition) is 2. The molecule has 0 saturated heterocycles. The van der Waals surface area contributed by atoms with Gasteiger partial charge in [0, 0.05) is 23.2 Å². The first-order valence-corrected chi connectivity index (χ1v) is 10.3. The molecule has 0 atom stereocenters. The topological polar surface area (TPSA) is 83.0 Å². The molecule has 1 fully saturated rings. The van der Waals surface area contributed by atoms with Gasteiger partial charge in [0.1, 0.15) is 11.5 Å². The Bertz CT molecular complexity index is 1030. The predicted molar refractivity (Wildman–Crippen MR) is 111 cm³/mol. The van der Waals surface area contributed by atoms with Crippen molar-refractivity contribution < 1.29 is 10.2 Å². The third-order valence-electron chi connectivity index (χ3n) is 4.80. The second-order valence-corrected chi connectivity index (χ2v) is 7.67. The number of benzene rings is 1. The molecule has 1 saturated carbocycles. The first-order chi connectivity index (χ1) is 13.7. The molecule has 0 spiro atoms. The average Bonchev–Trinajstić information content (AvgIpc) is 3.10. The summed E-state index contributed by atoms with van der Waals surface area (Å²) in [5, 5.41) is 26.5. The maximum absolute atomic E-state index is 10.3. The van der Waals surface area contributed by atoms with Gasteiger partial charge in [-0.15, -0.1) is 11.3 Å². The molecule has 0 bridgehead atoms. The fraction of sp³-hybridized carbons (Fsp3) is 0.286. The van der Waals surface area contributed by atoms with Gasteiger partial charge in [-0.25, -0.2) is 4.68 Å². The molecule has 1 aliphatic rings. The zero-order valence-corrected chi connectivity index (χ0v) is 16.2. The van der Waals surface area contributed by atoms with Crippen molar-refractivity contribution in [3.63, 3.8) is 0 Å². The average molecular weight is 394 g/mol. The Morgan fingerprint density at radius 2 is 1.96 bits per heavy atom. The number of thiazole rings is 1. The fourth-order valence-corrected chi connectivity index (χ4v) is 4.26. The summed E-state index contributed by atoms with van der Waals surface area (Å²) >= 11 is 1.50. The first-order valence-electron chi connectivity index (χ1n) is 9.43. The van der Waals surface area contributed by atoms with E-state index >= 15 is 0 Å². The van der Waals surface area contributed by atoms with Gasteiger partial charge in [0.05, 0.1) is 23.6 Å². The number of aromatic nitrogens is 2. The zero-order valence-electron chi connectivity index (χ0n) is 15.4. The molecule has 0 unspecified atom stereocenters. The standard InChI is InChI=1S/C21H22N4O2S/c26-17-9-10-18(20(27)12-17)19-14-28-21(24-15-6-2-1-3-7-15)25(19)23-13-16-8-4-5-11-22-16/h4-5,8-15,26-27H,1-3,6-7H2/b23-13+,24-21?. The van der Waals surface area contributed by atoms with Crippen LogP contribution in [0.3, 0.4) is 0 Å². The highest BCUT2D eigenvalue weighted by molar-refractivity contribution is 7.07. The highest BCUT2D eigenvalue weighted by atomic mass is 32.1. The number of aromatic hydroxyl groups is 2. The highest BCUT2D eigenvalue weighted by Crippen LogP contribution is 2.32. The van der Waals surface area contributed by atoms with Gasteiger partial charge in [0.15, 0.2) is 0 Å². The van der Waals surface area contributed by atoms with Crippen LogP contribution in [0.5, 0.6) is 11.5 Å². The lowest BCUT2D eigenvalue weighted by atomic mass is 9.96. The third kappa shape index (κ3) is 4.14. The van der Waals surface area contributed by atoms with Crippen LogP contribution in [0, 0.1) is 0 Å².